The molecule has 0 saturated heterocycles. The fourth-order valence-electron chi connectivity index (χ4n) is 3.94. The summed E-state index contributed by atoms with van der Waals surface area (Å²) in [6.45, 7) is 5.35. The number of para-hydroxylation sites is 1. The number of ether oxygens (including phenoxy) is 3. The summed E-state index contributed by atoms with van der Waals surface area (Å²) in [4.78, 5) is 34.1. The Labute approximate surface area is 160 Å². The summed E-state index contributed by atoms with van der Waals surface area (Å²) in [5.74, 6) is -0.266. The van der Waals surface area contributed by atoms with E-state index in [0.29, 0.717) is 25.7 Å². The van der Waals surface area contributed by atoms with Crippen molar-refractivity contribution in [3.05, 3.63) is 29.3 Å². The Morgan fingerprint density at radius 1 is 1.30 bits per heavy atom. The van der Waals surface area contributed by atoms with Crippen LogP contribution in [-0.4, -0.2) is 37.5 Å². The smallest absolute Gasteiger partial charge is 0.305 e. The van der Waals surface area contributed by atoms with Gasteiger partial charge in [0.2, 0.25) is 0 Å². The summed E-state index contributed by atoms with van der Waals surface area (Å²) in [6, 6.07) is 5.89. The highest BCUT2D eigenvalue weighted by Crippen LogP contribution is 2.51. The van der Waals surface area contributed by atoms with Crippen molar-refractivity contribution in [1.82, 2.24) is 0 Å². The van der Waals surface area contributed by atoms with Crippen LogP contribution >= 0.6 is 0 Å². The minimum atomic E-state index is -0.430. The number of fused-ring (bicyclic) bond motifs is 3. The first-order valence-electron chi connectivity index (χ1n) is 9.53. The molecule has 0 aromatic heterocycles. The van der Waals surface area contributed by atoms with Gasteiger partial charge in [0, 0.05) is 31.2 Å². The lowest BCUT2D eigenvalue weighted by Crippen LogP contribution is -2.24. The molecular weight excluding hydrogens is 348 g/mol. The van der Waals surface area contributed by atoms with Gasteiger partial charge in [-0.2, -0.15) is 0 Å². The van der Waals surface area contributed by atoms with Crippen LogP contribution in [0.15, 0.2) is 18.2 Å². The van der Waals surface area contributed by atoms with Gasteiger partial charge in [0.1, 0.15) is 24.2 Å². The molecule has 6 nitrogen and oxygen atoms in total. The summed E-state index contributed by atoms with van der Waals surface area (Å²) in [5.41, 5.74) is 2.02. The van der Waals surface area contributed by atoms with Crippen LogP contribution in [0.25, 0.3) is 0 Å². The zero-order chi connectivity index (χ0) is 20.0. The van der Waals surface area contributed by atoms with Gasteiger partial charge in [0.05, 0.1) is 13.0 Å². The Kier molecular flexibility index (Phi) is 7.39. The maximum atomic E-state index is 11.6. The van der Waals surface area contributed by atoms with E-state index in [1.807, 2.05) is 32.0 Å². The molecule has 0 N–H and O–H groups in total. The molecular formula is C21H28O6. The number of hydrogen-bond donors (Lipinski definition) is 0. The molecule has 2 aliphatic rings. The van der Waals surface area contributed by atoms with Gasteiger partial charge in [-0.1, -0.05) is 32.0 Å². The number of aryl methyl sites for hydroxylation is 1. The summed E-state index contributed by atoms with van der Waals surface area (Å²) in [7, 11) is 1.38. The number of aldehydes is 1. The average molecular weight is 376 g/mol. The summed E-state index contributed by atoms with van der Waals surface area (Å²) < 4.78 is 16.1. The summed E-state index contributed by atoms with van der Waals surface area (Å²) in [5, 5.41) is 0. The molecule has 1 saturated carbocycles. The van der Waals surface area contributed by atoms with Gasteiger partial charge in [0.25, 0.3) is 0 Å². The monoisotopic (exact) mass is 376 g/mol. The van der Waals surface area contributed by atoms with E-state index in [-0.39, 0.29) is 29.9 Å². The number of benzene rings is 1. The molecule has 1 aromatic carbocycles. The van der Waals surface area contributed by atoms with Crippen molar-refractivity contribution in [3.8, 4) is 5.75 Å². The van der Waals surface area contributed by atoms with Gasteiger partial charge in [-0.25, -0.2) is 0 Å². The predicted octanol–water partition coefficient (Wildman–Crippen LogP) is 3.20. The van der Waals surface area contributed by atoms with Crippen molar-refractivity contribution >= 4 is 18.2 Å². The first kappa shape index (κ1) is 20.9. The van der Waals surface area contributed by atoms with Crippen molar-refractivity contribution in [2.45, 2.75) is 64.6 Å². The highest BCUT2D eigenvalue weighted by Gasteiger charge is 2.51. The predicted molar refractivity (Wildman–Crippen MR) is 99.6 cm³/mol. The second-order valence-electron chi connectivity index (χ2n) is 6.54. The molecule has 1 aliphatic heterocycles. The minimum Gasteiger partial charge on any atom is -0.489 e. The van der Waals surface area contributed by atoms with E-state index in [4.69, 9.17) is 9.47 Å². The van der Waals surface area contributed by atoms with E-state index in [1.54, 1.807) is 0 Å². The van der Waals surface area contributed by atoms with E-state index in [2.05, 4.69) is 4.74 Å². The number of carbonyl (C=O) groups is 3. The molecule has 1 heterocycles. The third kappa shape index (κ3) is 4.49. The van der Waals surface area contributed by atoms with Crippen LogP contribution in [0.4, 0.5) is 0 Å². The summed E-state index contributed by atoms with van der Waals surface area (Å²) in [6.07, 6.45) is 2.55. The Morgan fingerprint density at radius 3 is 2.67 bits per heavy atom. The van der Waals surface area contributed by atoms with Crippen LogP contribution in [0.2, 0.25) is 0 Å². The second-order valence-corrected chi connectivity index (χ2v) is 6.54. The van der Waals surface area contributed by atoms with Crippen molar-refractivity contribution in [3.63, 3.8) is 0 Å². The fraction of sp³-hybridized carbons (Fsp3) is 0.571. The van der Waals surface area contributed by atoms with Crippen LogP contribution in [0.3, 0.4) is 0 Å². The van der Waals surface area contributed by atoms with E-state index in [1.165, 1.54) is 14.0 Å². The second kappa shape index (κ2) is 9.53. The first-order chi connectivity index (χ1) is 13.0. The van der Waals surface area contributed by atoms with Gasteiger partial charge >= 0.3 is 11.9 Å². The van der Waals surface area contributed by atoms with Crippen molar-refractivity contribution in [2.75, 3.05) is 7.11 Å². The Hall–Kier alpha value is -2.37. The molecule has 148 valence electrons. The number of hydrogen-bond acceptors (Lipinski definition) is 6. The molecule has 0 bridgehead atoms. The highest BCUT2D eigenvalue weighted by atomic mass is 16.5. The Morgan fingerprint density at radius 2 is 2.04 bits per heavy atom. The zero-order valence-corrected chi connectivity index (χ0v) is 16.4. The standard InChI is InChI=1S/C19H22O6.C2H6/c1-11(21)24-15-9-16-18(14(15)10-20)13-7-3-5-12(19(13)25-16)6-4-8-17(22)23-2;1-2/h3,5,7,10,14-16,18H,4,6,8-9H2,1-2H3;1-2H3. The van der Waals surface area contributed by atoms with Crippen LogP contribution in [0.5, 0.6) is 5.75 Å². The molecule has 1 fully saturated rings. The van der Waals surface area contributed by atoms with E-state index in [0.717, 1.165) is 23.2 Å². The molecule has 4 unspecified atom stereocenters. The van der Waals surface area contributed by atoms with Gasteiger partial charge in [-0.05, 0) is 18.4 Å². The topological polar surface area (TPSA) is 78.9 Å². The van der Waals surface area contributed by atoms with Crippen LogP contribution in [0.1, 0.15) is 57.1 Å². The van der Waals surface area contributed by atoms with Crippen molar-refractivity contribution in [2.24, 2.45) is 5.92 Å². The normalized spacial score (nSPS) is 24.6. The molecule has 6 heteroatoms. The lowest BCUT2D eigenvalue weighted by molar-refractivity contribution is -0.148. The molecule has 0 radical (unpaired) electrons. The van der Waals surface area contributed by atoms with E-state index in [9.17, 15) is 14.4 Å². The molecule has 27 heavy (non-hydrogen) atoms. The van der Waals surface area contributed by atoms with E-state index < -0.39 is 6.10 Å². The SMILES string of the molecule is CC.COC(=O)CCCc1cccc2c1OC1CC(OC(C)=O)C(C=O)C21. The highest BCUT2D eigenvalue weighted by molar-refractivity contribution is 5.69. The number of methoxy groups -OCH3 is 1. The lowest BCUT2D eigenvalue weighted by Gasteiger charge is -2.18. The molecule has 1 aromatic rings. The number of rotatable bonds is 6. The summed E-state index contributed by atoms with van der Waals surface area (Å²) >= 11 is 0. The maximum Gasteiger partial charge on any atom is 0.305 e. The minimum absolute atomic E-state index is 0.0857. The van der Waals surface area contributed by atoms with Crippen molar-refractivity contribution < 1.29 is 28.6 Å². The molecule has 1 aliphatic carbocycles. The maximum absolute atomic E-state index is 11.6. The molecule has 0 amide bonds. The molecule has 4 atom stereocenters. The van der Waals surface area contributed by atoms with Crippen LogP contribution < -0.4 is 4.74 Å². The van der Waals surface area contributed by atoms with Gasteiger partial charge in [-0.3, -0.25) is 9.59 Å². The van der Waals surface area contributed by atoms with Gasteiger partial charge in [-0.15, -0.1) is 0 Å². The third-order valence-corrected chi connectivity index (χ3v) is 4.99. The number of esters is 2. The average Bonchev–Trinajstić information content (AvgIpc) is 3.18. The quantitative estimate of drug-likeness (QED) is 0.560. The number of carbonyl (C=O) groups excluding carboxylic acids is 3. The Bertz CT molecular complexity index is 683. The lowest BCUT2D eigenvalue weighted by atomic mass is 9.88. The van der Waals surface area contributed by atoms with Crippen LogP contribution in [-0.2, 0) is 30.3 Å². The van der Waals surface area contributed by atoms with Gasteiger partial charge in [0.15, 0.2) is 0 Å². The third-order valence-electron chi connectivity index (χ3n) is 4.99. The Balaban J connectivity index is 0.00000126. The fourth-order valence-corrected chi connectivity index (χ4v) is 3.94. The van der Waals surface area contributed by atoms with Crippen molar-refractivity contribution in [1.29, 1.82) is 0 Å². The molecule has 3 rings (SSSR count). The molecule has 0 spiro atoms. The zero-order valence-electron chi connectivity index (χ0n) is 16.4. The first-order valence-corrected chi connectivity index (χ1v) is 9.53. The van der Waals surface area contributed by atoms with Gasteiger partial charge < -0.3 is 19.0 Å². The van der Waals surface area contributed by atoms with E-state index >= 15 is 0 Å². The largest absolute Gasteiger partial charge is 0.489 e. The van der Waals surface area contributed by atoms with Crippen LogP contribution in [0, 0.1) is 5.92 Å².